The average molecular weight is 412 g/mol. The predicted molar refractivity (Wildman–Crippen MR) is 125 cm³/mol. The Bertz CT molecular complexity index is 671. The Hall–Kier alpha value is -1.61. The molecule has 0 N–H and O–H groups in total. The van der Waals surface area contributed by atoms with Gasteiger partial charge < -0.3 is 4.74 Å². The standard InChI is InChI=1S/C27H41NO2/c1-3-22-8-10-23(11-9-22)21-24-12-14-25(15-13-24)26-16-19-28(20-17-26)18-6-5-7-27(29)30-4-2/h12-16,22-23H,3-11,17-21H2,1-2H3. The van der Waals surface area contributed by atoms with Crippen molar-refractivity contribution in [2.45, 2.75) is 78.1 Å². The minimum Gasteiger partial charge on any atom is -0.466 e. The molecule has 1 aromatic carbocycles. The lowest BCUT2D eigenvalue weighted by Gasteiger charge is -2.28. The van der Waals surface area contributed by atoms with E-state index in [0.717, 1.165) is 50.7 Å². The Morgan fingerprint density at radius 2 is 1.77 bits per heavy atom. The van der Waals surface area contributed by atoms with Crippen LogP contribution in [0.2, 0.25) is 0 Å². The van der Waals surface area contributed by atoms with Crippen LogP contribution in [-0.2, 0) is 16.0 Å². The van der Waals surface area contributed by atoms with Gasteiger partial charge in [-0.05, 0) is 80.5 Å². The van der Waals surface area contributed by atoms with Gasteiger partial charge in [0.15, 0.2) is 0 Å². The number of carbonyl (C=O) groups excluding carboxylic acids is 1. The van der Waals surface area contributed by atoms with Gasteiger partial charge >= 0.3 is 5.97 Å². The second kappa shape index (κ2) is 12.3. The number of hydrogen-bond acceptors (Lipinski definition) is 3. The molecule has 2 aliphatic rings. The van der Waals surface area contributed by atoms with Gasteiger partial charge in [-0.3, -0.25) is 9.69 Å². The van der Waals surface area contributed by atoms with Crippen molar-refractivity contribution in [2.75, 3.05) is 26.2 Å². The summed E-state index contributed by atoms with van der Waals surface area (Å²) in [5.41, 5.74) is 4.40. The predicted octanol–water partition coefficient (Wildman–Crippen LogP) is 6.27. The number of nitrogens with zero attached hydrogens (tertiary/aromatic N) is 1. The molecule has 1 aliphatic heterocycles. The van der Waals surface area contributed by atoms with Crippen LogP contribution in [0.3, 0.4) is 0 Å². The van der Waals surface area contributed by atoms with Gasteiger partial charge in [0.1, 0.15) is 0 Å². The number of rotatable bonds is 10. The van der Waals surface area contributed by atoms with E-state index >= 15 is 0 Å². The fraction of sp³-hybridized carbons (Fsp3) is 0.667. The Morgan fingerprint density at radius 1 is 1.03 bits per heavy atom. The third-order valence-corrected chi connectivity index (χ3v) is 7.10. The fourth-order valence-electron chi connectivity index (χ4n) is 5.05. The van der Waals surface area contributed by atoms with E-state index in [0.29, 0.717) is 13.0 Å². The maximum atomic E-state index is 11.4. The zero-order valence-corrected chi connectivity index (χ0v) is 19.2. The Kier molecular flexibility index (Phi) is 9.45. The van der Waals surface area contributed by atoms with E-state index in [2.05, 4.69) is 42.2 Å². The van der Waals surface area contributed by atoms with Gasteiger partial charge in [-0.15, -0.1) is 0 Å². The van der Waals surface area contributed by atoms with Gasteiger partial charge in [0, 0.05) is 19.5 Å². The second-order valence-corrected chi connectivity index (χ2v) is 9.24. The maximum Gasteiger partial charge on any atom is 0.305 e. The van der Waals surface area contributed by atoms with Gasteiger partial charge in [-0.2, -0.15) is 0 Å². The molecule has 0 spiro atoms. The van der Waals surface area contributed by atoms with Crippen molar-refractivity contribution in [2.24, 2.45) is 11.8 Å². The first kappa shape index (κ1) is 23.1. The summed E-state index contributed by atoms with van der Waals surface area (Å²) < 4.78 is 4.99. The number of hydrogen-bond donors (Lipinski definition) is 0. The molecule has 1 fully saturated rings. The highest BCUT2D eigenvalue weighted by Gasteiger charge is 2.20. The molecule has 0 amide bonds. The van der Waals surface area contributed by atoms with Crippen LogP contribution >= 0.6 is 0 Å². The van der Waals surface area contributed by atoms with E-state index in [1.165, 1.54) is 55.2 Å². The van der Waals surface area contributed by atoms with E-state index in [9.17, 15) is 4.79 Å². The van der Waals surface area contributed by atoms with Gasteiger partial charge in [0.2, 0.25) is 0 Å². The molecule has 166 valence electrons. The largest absolute Gasteiger partial charge is 0.466 e. The highest BCUT2D eigenvalue weighted by molar-refractivity contribution is 5.69. The molecule has 1 aliphatic carbocycles. The molecule has 0 unspecified atom stereocenters. The average Bonchev–Trinajstić information content (AvgIpc) is 2.78. The molecule has 3 rings (SSSR count). The molecule has 0 radical (unpaired) electrons. The minimum atomic E-state index is -0.0598. The summed E-state index contributed by atoms with van der Waals surface area (Å²) in [7, 11) is 0. The molecule has 0 aromatic heterocycles. The lowest BCUT2D eigenvalue weighted by atomic mass is 9.78. The van der Waals surface area contributed by atoms with Crippen LogP contribution in [0.5, 0.6) is 0 Å². The minimum absolute atomic E-state index is 0.0598. The number of carbonyl (C=O) groups is 1. The zero-order valence-electron chi connectivity index (χ0n) is 19.2. The van der Waals surface area contributed by atoms with Gasteiger partial charge in [0.25, 0.3) is 0 Å². The van der Waals surface area contributed by atoms with Crippen LogP contribution in [0.25, 0.3) is 5.57 Å². The summed E-state index contributed by atoms with van der Waals surface area (Å²) in [6.07, 6.45) is 14.4. The van der Waals surface area contributed by atoms with E-state index < -0.39 is 0 Å². The van der Waals surface area contributed by atoms with Crippen LogP contribution in [0.1, 0.15) is 82.8 Å². The topological polar surface area (TPSA) is 29.5 Å². The van der Waals surface area contributed by atoms with Crippen LogP contribution in [-0.4, -0.2) is 37.1 Å². The molecule has 0 bridgehead atoms. The normalized spacial score (nSPS) is 22.5. The molecule has 1 aromatic rings. The number of ether oxygens (including phenoxy) is 1. The quantitative estimate of drug-likeness (QED) is 0.336. The summed E-state index contributed by atoms with van der Waals surface area (Å²) in [4.78, 5) is 13.9. The summed E-state index contributed by atoms with van der Waals surface area (Å²) in [6.45, 7) is 7.91. The van der Waals surface area contributed by atoms with Crippen LogP contribution in [0.15, 0.2) is 30.3 Å². The number of unbranched alkanes of at least 4 members (excludes halogenated alkanes) is 1. The Labute approximate surface area is 183 Å². The van der Waals surface area contributed by atoms with E-state index in [1.54, 1.807) is 0 Å². The molecule has 1 heterocycles. The van der Waals surface area contributed by atoms with Gasteiger partial charge in [-0.25, -0.2) is 0 Å². The third-order valence-electron chi connectivity index (χ3n) is 7.10. The fourth-order valence-corrected chi connectivity index (χ4v) is 5.05. The van der Waals surface area contributed by atoms with Gasteiger partial charge in [0.05, 0.1) is 6.61 Å². The van der Waals surface area contributed by atoms with E-state index in [1.807, 2.05) is 6.92 Å². The van der Waals surface area contributed by atoms with E-state index in [-0.39, 0.29) is 5.97 Å². The first-order valence-electron chi connectivity index (χ1n) is 12.3. The highest BCUT2D eigenvalue weighted by atomic mass is 16.5. The summed E-state index contributed by atoms with van der Waals surface area (Å²) in [5.74, 6) is 1.82. The summed E-state index contributed by atoms with van der Waals surface area (Å²) in [5, 5.41) is 0. The van der Waals surface area contributed by atoms with Crippen molar-refractivity contribution in [1.82, 2.24) is 4.90 Å². The zero-order chi connectivity index (χ0) is 21.2. The van der Waals surface area contributed by atoms with Crippen molar-refractivity contribution in [3.05, 3.63) is 41.5 Å². The van der Waals surface area contributed by atoms with Crippen LogP contribution < -0.4 is 0 Å². The monoisotopic (exact) mass is 411 g/mol. The lowest BCUT2D eigenvalue weighted by molar-refractivity contribution is -0.143. The molecular formula is C27H41NO2. The van der Waals surface area contributed by atoms with E-state index in [4.69, 9.17) is 4.74 Å². The first-order valence-corrected chi connectivity index (χ1v) is 12.3. The lowest BCUT2D eigenvalue weighted by Crippen LogP contribution is -2.29. The SMILES string of the molecule is CCOC(=O)CCCCN1CC=C(c2ccc(CC3CCC(CC)CC3)cc2)CC1. The molecule has 1 saturated carbocycles. The van der Waals surface area contributed by atoms with Crippen molar-refractivity contribution in [3.63, 3.8) is 0 Å². The molecule has 3 nitrogen and oxygen atoms in total. The van der Waals surface area contributed by atoms with Crippen LogP contribution in [0.4, 0.5) is 0 Å². The van der Waals surface area contributed by atoms with Gasteiger partial charge in [-0.1, -0.05) is 56.5 Å². The Morgan fingerprint density at radius 3 is 2.40 bits per heavy atom. The number of esters is 1. The Balaban J connectivity index is 1.39. The molecule has 30 heavy (non-hydrogen) atoms. The maximum absolute atomic E-state index is 11.4. The molecule has 0 atom stereocenters. The van der Waals surface area contributed by atoms with Crippen LogP contribution in [0, 0.1) is 11.8 Å². The van der Waals surface area contributed by atoms with Crippen molar-refractivity contribution in [1.29, 1.82) is 0 Å². The second-order valence-electron chi connectivity index (χ2n) is 9.24. The molecule has 0 saturated heterocycles. The first-order chi connectivity index (χ1) is 14.7. The van der Waals surface area contributed by atoms with Crippen molar-refractivity contribution < 1.29 is 9.53 Å². The summed E-state index contributed by atoms with van der Waals surface area (Å²) >= 11 is 0. The third kappa shape index (κ3) is 7.27. The molecular weight excluding hydrogens is 370 g/mol. The van der Waals surface area contributed by atoms with Crippen molar-refractivity contribution >= 4 is 11.5 Å². The summed E-state index contributed by atoms with van der Waals surface area (Å²) in [6, 6.07) is 9.41. The smallest absolute Gasteiger partial charge is 0.305 e. The molecule has 3 heteroatoms. The number of benzene rings is 1. The van der Waals surface area contributed by atoms with Crippen molar-refractivity contribution in [3.8, 4) is 0 Å². The highest BCUT2D eigenvalue weighted by Crippen LogP contribution is 2.33.